The van der Waals surface area contributed by atoms with Crippen LogP contribution in [0.3, 0.4) is 0 Å². The van der Waals surface area contributed by atoms with Crippen molar-refractivity contribution in [2.24, 2.45) is 5.73 Å². The van der Waals surface area contributed by atoms with Gasteiger partial charge in [0.25, 0.3) is 0 Å². The van der Waals surface area contributed by atoms with Gasteiger partial charge in [0.05, 0.1) is 6.04 Å². The second kappa shape index (κ2) is 5.37. The van der Waals surface area contributed by atoms with Gasteiger partial charge in [-0.3, -0.25) is 4.98 Å². The average Bonchev–Trinajstić information content (AvgIpc) is 2.37. The van der Waals surface area contributed by atoms with E-state index in [2.05, 4.69) is 35.3 Å². The normalized spacial score (nSPS) is 16.8. The van der Waals surface area contributed by atoms with E-state index in [1.807, 2.05) is 19.9 Å². The Morgan fingerprint density at radius 3 is 2.45 bits per heavy atom. The maximum atomic E-state index is 6.54. The molecule has 0 radical (unpaired) electrons. The van der Waals surface area contributed by atoms with Crippen LogP contribution in [0.5, 0.6) is 0 Å². The molecule has 20 heavy (non-hydrogen) atoms. The zero-order valence-electron chi connectivity index (χ0n) is 12.3. The van der Waals surface area contributed by atoms with E-state index in [9.17, 15) is 0 Å². The summed E-state index contributed by atoms with van der Waals surface area (Å²) in [6, 6.07) is 12.7. The molecule has 104 valence electrons. The Bertz CT molecular complexity index is 615. The molecule has 3 rings (SSSR count). The Hall–Kier alpha value is -1.67. The highest BCUT2D eigenvalue weighted by Gasteiger charge is 2.24. The van der Waals surface area contributed by atoms with Crippen molar-refractivity contribution in [3.05, 3.63) is 64.5 Å². The largest absolute Gasteiger partial charge is 0.320 e. The average molecular weight is 266 g/mol. The van der Waals surface area contributed by atoms with Gasteiger partial charge in [-0.1, -0.05) is 36.8 Å². The van der Waals surface area contributed by atoms with Crippen molar-refractivity contribution in [1.29, 1.82) is 0 Å². The van der Waals surface area contributed by atoms with Crippen LogP contribution in [0.1, 0.15) is 59.3 Å². The number of hydrogen-bond donors (Lipinski definition) is 1. The first-order valence-electron chi connectivity index (χ1n) is 7.45. The van der Waals surface area contributed by atoms with Gasteiger partial charge in [-0.25, -0.2) is 0 Å². The Morgan fingerprint density at radius 2 is 1.80 bits per heavy atom. The maximum absolute atomic E-state index is 6.54. The van der Waals surface area contributed by atoms with Crippen LogP contribution in [-0.2, 0) is 0 Å². The van der Waals surface area contributed by atoms with Gasteiger partial charge in [-0.15, -0.1) is 0 Å². The molecule has 0 spiro atoms. The lowest BCUT2D eigenvalue weighted by Crippen LogP contribution is -2.19. The molecule has 0 aliphatic heterocycles. The number of rotatable bonds is 3. The van der Waals surface area contributed by atoms with Gasteiger partial charge >= 0.3 is 0 Å². The number of hydrogen-bond acceptors (Lipinski definition) is 2. The minimum atomic E-state index is -0.0695. The number of pyridine rings is 1. The standard InChI is InChI=1S/C18H22N2/c1-12-10-11-15(13(2)20-12)18(19)17-9-4-3-8-16(17)14-6-5-7-14/h3-4,8-11,14,18H,5-7,19H2,1-2H3. The summed E-state index contributed by atoms with van der Waals surface area (Å²) in [6.45, 7) is 4.07. The highest BCUT2D eigenvalue weighted by atomic mass is 14.7. The number of aromatic nitrogens is 1. The van der Waals surface area contributed by atoms with Gasteiger partial charge < -0.3 is 5.73 Å². The van der Waals surface area contributed by atoms with Crippen molar-refractivity contribution in [1.82, 2.24) is 4.98 Å². The highest BCUT2D eigenvalue weighted by molar-refractivity contribution is 5.41. The predicted molar refractivity (Wildman–Crippen MR) is 82.8 cm³/mol. The molecule has 2 N–H and O–H groups in total. The molecule has 2 aromatic rings. The van der Waals surface area contributed by atoms with Crippen molar-refractivity contribution in [3.63, 3.8) is 0 Å². The summed E-state index contributed by atoms with van der Waals surface area (Å²) < 4.78 is 0. The van der Waals surface area contributed by atoms with Crippen LogP contribution < -0.4 is 5.73 Å². The molecule has 1 saturated carbocycles. The van der Waals surface area contributed by atoms with Crippen molar-refractivity contribution in [3.8, 4) is 0 Å². The van der Waals surface area contributed by atoms with Crippen LogP contribution in [0.15, 0.2) is 36.4 Å². The van der Waals surface area contributed by atoms with Crippen LogP contribution >= 0.6 is 0 Å². The summed E-state index contributed by atoms with van der Waals surface area (Å²) in [5.74, 6) is 0.705. The molecule has 1 aliphatic carbocycles. The summed E-state index contributed by atoms with van der Waals surface area (Å²) >= 11 is 0. The van der Waals surface area contributed by atoms with E-state index in [0.29, 0.717) is 5.92 Å². The Morgan fingerprint density at radius 1 is 1.05 bits per heavy atom. The van der Waals surface area contributed by atoms with Crippen LogP contribution in [0.2, 0.25) is 0 Å². The maximum Gasteiger partial charge on any atom is 0.0572 e. The summed E-state index contributed by atoms with van der Waals surface area (Å²) in [7, 11) is 0. The van der Waals surface area contributed by atoms with E-state index < -0.39 is 0 Å². The minimum Gasteiger partial charge on any atom is -0.320 e. The van der Waals surface area contributed by atoms with Crippen LogP contribution in [0, 0.1) is 13.8 Å². The highest BCUT2D eigenvalue weighted by Crippen LogP contribution is 2.40. The number of benzene rings is 1. The molecule has 1 unspecified atom stereocenters. The fraction of sp³-hybridized carbons (Fsp3) is 0.389. The second-order valence-electron chi connectivity index (χ2n) is 5.86. The fourth-order valence-electron chi connectivity index (χ4n) is 3.08. The van der Waals surface area contributed by atoms with E-state index in [1.165, 1.54) is 30.4 Å². The molecule has 1 fully saturated rings. The Kier molecular flexibility index (Phi) is 3.58. The topological polar surface area (TPSA) is 38.9 Å². The van der Waals surface area contributed by atoms with Crippen LogP contribution in [0.4, 0.5) is 0 Å². The zero-order chi connectivity index (χ0) is 14.1. The van der Waals surface area contributed by atoms with Gasteiger partial charge in [0.2, 0.25) is 0 Å². The summed E-state index contributed by atoms with van der Waals surface area (Å²) in [4.78, 5) is 4.55. The fourth-order valence-corrected chi connectivity index (χ4v) is 3.08. The summed E-state index contributed by atoms with van der Waals surface area (Å²) in [5, 5.41) is 0. The minimum absolute atomic E-state index is 0.0695. The molecule has 0 saturated heterocycles. The first-order valence-corrected chi connectivity index (χ1v) is 7.45. The van der Waals surface area contributed by atoms with Crippen LogP contribution in [0.25, 0.3) is 0 Å². The monoisotopic (exact) mass is 266 g/mol. The van der Waals surface area contributed by atoms with Gasteiger partial charge in [-0.2, -0.15) is 0 Å². The van der Waals surface area contributed by atoms with E-state index in [0.717, 1.165) is 17.0 Å². The third kappa shape index (κ3) is 2.36. The van der Waals surface area contributed by atoms with Crippen molar-refractivity contribution in [2.75, 3.05) is 0 Å². The molecule has 1 aromatic carbocycles. The predicted octanol–water partition coefficient (Wildman–Crippen LogP) is 4.01. The molecule has 1 aliphatic rings. The molecule has 0 amide bonds. The van der Waals surface area contributed by atoms with E-state index >= 15 is 0 Å². The van der Waals surface area contributed by atoms with Gasteiger partial charge in [0.15, 0.2) is 0 Å². The quantitative estimate of drug-likeness (QED) is 0.911. The zero-order valence-corrected chi connectivity index (χ0v) is 12.3. The van der Waals surface area contributed by atoms with Crippen molar-refractivity contribution >= 4 is 0 Å². The third-order valence-corrected chi connectivity index (χ3v) is 4.48. The van der Waals surface area contributed by atoms with Gasteiger partial charge in [-0.05, 0) is 55.4 Å². The van der Waals surface area contributed by atoms with Crippen LogP contribution in [-0.4, -0.2) is 4.98 Å². The smallest absolute Gasteiger partial charge is 0.0572 e. The molecule has 2 heteroatoms. The van der Waals surface area contributed by atoms with E-state index in [4.69, 9.17) is 5.73 Å². The SMILES string of the molecule is Cc1ccc(C(N)c2ccccc2C2CCC2)c(C)n1. The molecular weight excluding hydrogens is 244 g/mol. The van der Waals surface area contributed by atoms with Crippen molar-refractivity contribution < 1.29 is 0 Å². The lowest BCUT2D eigenvalue weighted by Gasteiger charge is -2.30. The number of aryl methyl sites for hydroxylation is 2. The van der Waals surface area contributed by atoms with Gasteiger partial charge in [0, 0.05) is 11.4 Å². The summed E-state index contributed by atoms with van der Waals surface area (Å²) in [5.41, 5.74) is 12.5. The number of nitrogens with two attached hydrogens (primary N) is 1. The molecule has 1 aromatic heterocycles. The van der Waals surface area contributed by atoms with E-state index in [-0.39, 0.29) is 6.04 Å². The van der Waals surface area contributed by atoms with Crippen molar-refractivity contribution in [2.45, 2.75) is 45.1 Å². The Labute approximate surface area is 121 Å². The molecule has 0 bridgehead atoms. The molecule has 1 atom stereocenters. The lowest BCUT2D eigenvalue weighted by atomic mass is 9.76. The van der Waals surface area contributed by atoms with E-state index in [1.54, 1.807) is 0 Å². The molecule has 1 heterocycles. The summed E-state index contributed by atoms with van der Waals surface area (Å²) in [6.07, 6.45) is 3.95. The third-order valence-electron chi connectivity index (χ3n) is 4.48. The second-order valence-corrected chi connectivity index (χ2v) is 5.86. The van der Waals surface area contributed by atoms with Gasteiger partial charge in [0.1, 0.15) is 0 Å². The first-order chi connectivity index (χ1) is 9.66. The first kappa shape index (κ1) is 13.3. The molecule has 2 nitrogen and oxygen atoms in total. The number of nitrogens with zero attached hydrogens (tertiary/aromatic N) is 1. The molecular formula is C18H22N2. The lowest BCUT2D eigenvalue weighted by molar-refractivity contribution is 0.416. The Balaban J connectivity index is 1.99.